The maximum absolute atomic E-state index is 12.5. The average Bonchev–Trinajstić information content (AvgIpc) is 2.92. The number of carbonyl (C=O) groups excluding carboxylic acids is 1. The maximum atomic E-state index is 12.5. The van der Waals surface area contributed by atoms with E-state index in [-0.39, 0.29) is 40.7 Å². The molecule has 23 heavy (non-hydrogen) atoms. The van der Waals surface area contributed by atoms with E-state index in [9.17, 15) is 13.2 Å². The highest BCUT2D eigenvalue weighted by Gasteiger charge is 2.28. The highest BCUT2D eigenvalue weighted by atomic mass is 35.5. The van der Waals surface area contributed by atoms with Crippen molar-refractivity contribution >= 4 is 28.3 Å². The molecule has 7 nitrogen and oxygen atoms in total. The van der Waals surface area contributed by atoms with Crippen molar-refractivity contribution in [2.75, 3.05) is 13.7 Å². The van der Waals surface area contributed by atoms with Gasteiger partial charge < -0.3 is 15.8 Å². The maximum Gasteiger partial charge on any atom is 0.255 e. The number of ether oxygens (including phenoxy) is 1. The molecular weight excluding hydrogens is 342 g/mol. The molecule has 0 saturated heterocycles. The molecule has 1 aromatic carbocycles. The minimum Gasteiger partial charge on any atom is -0.496 e. The molecule has 0 aliphatic heterocycles. The molecule has 0 heterocycles. The molecule has 0 bridgehead atoms. The SMILES string of the molecule is COc1ccc(S(N)(=O)=O)cc1C(=O)NC1CCCC1CN.Cl. The van der Waals surface area contributed by atoms with Gasteiger partial charge in [0.1, 0.15) is 5.75 Å². The Labute approximate surface area is 142 Å². The van der Waals surface area contributed by atoms with Gasteiger partial charge in [-0.25, -0.2) is 13.6 Å². The van der Waals surface area contributed by atoms with Gasteiger partial charge in [0.15, 0.2) is 0 Å². The van der Waals surface area contributed by atoms with Crippen LogP contribution in [0.5, 0.6) is 5.75 Å². The van der Waals surface area contributed by atoms with Crippen LogP contribution in [0.1, 0.15) is 29.6 Å². The Morgan fingerprint density at radius 3 is 2.65 bits per heavy atom. The minimum absolute atomic E-state index is 0. The second-order valence-corrected chi connectivity index (χ2v) is 6.98. The Morgan fingerprint density at radius 2 is 2.09 bits per heavy atom. The topological polar surface area (TPSA) is 125 Å². The Kier molecular flexibility index (Phi) is 6.82. The number of amides is 1. The lowest BCUT2D eigenvalue weighted by atomic mass is 10.0. The highest BCUT2D eigenvalue weighted by molar-refractivity contribution is 7.89. The zero-order chi connectivity index (χ0) is 16.3. The number of methoxy groups -OCH3 is 1. The van der Waals surface area contributed by atoms with Crippen LogP contribution in [-0.4, -0.2) is 34.0 Å². The summed E-state index contributed by atoms with van der Waals surface area (Å²) in [6.45, 7) is 0.513. The molecule has 1 amide bonds. The molecule has 2 atom stereocenters. The Morgan fingerprint density at radius 1 is 1.39 bits per heavy atom. The summed E-state index contributed by atoms with van der Waals surface area (Å²) in [4.78, 5) is 12.3. The van der Waals surface area contributed by atoms with Crippen LogP contribution in [0.3, 0.4) is 0 Å². The van der Waals surface area contributed by atoms with Gasteiger partial charge in [0.05, 0.1) is 17.6 Å². The fourth-order valence-corrected chi connectivity index (χ4v) is 3.34. The number of primary sulfonamides is 1. The summed E-state index contributed by atoms with van der Waals surface area (Å²) in [6.07, 6.45) is 2.86. The molecule has 1 saturated carbocycles. The van der Waals surface area contributed by atoms with Gasteiger partial charge in [-0.15, -0.1) is 12.4 Å². The van der Waals surface area contributed by atoms with Gasteiger partial charge in [-0.2, -0.15) is 0 Å². The van der Waals surface area contributed by atoms with Crippen molar-refractivity contribution in [1.29, 1.82) is 0 Å². The lowest BCUT2D eigenvalue weighted by Gasteiger charge is -2.20. The molecule has 1 aromatic rings. The predicted octanol–water partition coefficient (Wildman–Crippen LogP) is 0.622. The number of benzene rings is 1. The summed E-state index contributed by atoms with van der Waals surface area (Å²) in [7, 11) is -2.46. The summed E-state index contributed by atoms with van der Waals surface area (Å²) in [6, 6.07) is 3.96. The summed E-state index contributed by atoms with van der Waals surface area (Å²) >= 11 is 0. The van der Waals surface area contributed by atoms with Crippen LogP contribution in [0.25, 0.3) is 0 Å². The highest BCUT2D eigenvalue weighted by Crippen LogP contribution is 2.26. The molecule has 2 unspecified atom stereocenters. The molecule has 1 aliphatic carbocycles. The van der Waals surface area contributed by atoms with Crippen molar-refractivity contribution in [1.82, 2.24) is 5.32 Å². The van der Waals surface area contributed by atoms with E-state index in [4.69, 9.17) is 15.6 Å². The van der Waals surface area contributed by atoms with Crippen LogP contribution in [0, 0.1) is 5.92 Å². The summed E-state index contributed by atoms with van der Waals surface area (Å²) in [5.74, 6) is 0.163. The number of halogens is 1. The number of hydrogen-bond donors (Lipinski definition) is 3. The molecule has 1 aliphatic rings. The first-order valence-electron chi connectivity index (χ1n) is 7.08. The molecule has 0 radical (unpaired) electrons. The van der Waals surface area contributed by atoms with Gasteiger partial charge in [-0.1, -0.05) is 6.42 Å². The smallest absolute Gasteiger partial charge is 0.255 e. The van der Waals surface area contributed by atoms with E-state index in [1.807, 2.05) is 0 Å². The number of hydrogen-bond acceptors (Lipinski definition) is 5. The van der Waals surface area contributed by atoms with Crippen molar-refractivity contribution in [2.24, 2.45) is 16.8 Å². The standard InChI is InChI=1S/C14H21N3O4S.ClH/c1-21-13-6-5-10(22(16,19)20)7-11(13)14(18)17-12-4-2-3-9(12)8-15;/h5-7,9,12H,2-4,8,15H2,1H3,(H,17,18)(H2,16,19,20);1H. The third kappa shape index (κ3) is 4.57. The second-order valence-electron chi connectivity index (χ2n) is 5.41. The third-order valence-corrected chi connectivity index (χ3v) is 4.93. The van der Waals surface area contributed by atoms with Crippen LogP contribution in [-0.2, 0) is 10.0 Å². The number of nitrogens with one attached hydrogen (secondary N) is 1. The third-order valence-electron chi connectivity index (χ3n) is 4.02. The first-order valence-corrected chi connectivity index (χ1v) is 8.63. The normalized spacial score (nSPS) is 20.7. The van der Waals surface area contributed by atoms with Gasteiger partial charge in [-0.3, -0.25) is 4.79 Å². The summed E-state index contributed by atoms with van der Waals surface area (Å²) in [5.41, 5.74) is 5.85. The van der Waals surface area contributed by atoms with Crippen LogP contribution >= 0.6 is 12.4 Å². The van der Waals surface area contributed by atoms with E-state index in [2.05, 4.69) is 5.32 Å². The van der Waals surface area contributed by atoms with Crippen LogP contribution < -0.4 is 20.9 Å². The summed E-state index contributed by atoms with van der Waals surface area (Å²) < 4.78 is 28.0. The average molecular weight is 364 g/mol. The molecule has 2 rings (SSSR count). The predicted molar refractivity (Wildman–Crippen MR) is 89.3 cm³/mol. The van der Waals surface area contributed by atoms with Crippen LogP contribution in [0.2, 0.25) is 0 Å². The van der Waals surface area contributed by atoms with E-state index >= 15 is 0 Å². The lowest BCUT2D eigenvalue weighted by Crippen LogP contribution is -2.40. The Hall–Kier alpha value is -1.35. The molecule has 0 spiro atoms. The van der Waals surface area contributed by atoms with Crippen LogP contribution in [0.15, 0.2) is 23.1 Å². The van der Waals surface area contributed by atoms with Crippen molar-refractivity contribution in [3.05, 3.63) is 23.8 Å². The minimum atomic E-state index is -3.88. The van der Waals surface area contributed by atoms with Crippen LogP contribution in [0.4, 0.5) is 0 Å². The summed E-state index contributed by atoms with van der Waals surface area (Å²) in [5, 5.41) is 8.02. The van der Waals surface area contributed by atoms with E-state index in [1.54, 1.807) is 0 Å². The van der Waals surface area contributed by atoms with Crippen molar-refractivity contribution in [3.8, 4) is 5.75 Å². The van der Waals surface area contributed by atoms with E-state index < -0.39 is 10.0 Å². The van der Waals surface area contributed by atoms with Crippen molar-refractivity contribution < 1.29 is 17.9 Å². The first kappa shape index (κ1) is 19.7. The first-order chi connectivity index (χ1) is 10.4. The fraction of sp³-hybridized carbons (Fsp3) is 0.500. The molecule has 5 N–H and O–H groups in total. The van der Waals surface area contributed by atoms with Gasteiger partial charge in [0.2, 0.25) is 10.0 Å². The number of carbonyl (C=O) groups is 1. The second kappa shape index (κ2) is 7.96. The number of nitrogens with two attached hydrogens (primary N) is 2. The molecule has 130 valence electrons. The van der Waals surface area contributed by atoms with E-state index in [1.165, 1.54) is 25.3 Å². The van der Waals surface area contributed by atoms with Crippen molar-refractivity contribution in [3.63, 3.8) is 0 Å². The largest absolute Gasteiger partial charge is 0.496 e. The van der Waals surface area contributed by atoms with Gasteiger partial charge >= 0.3 is 0 Å². The zero-order valence-corrected chi connectivity index (χ0v) is 14.5. The number of rotatable bonds is 5. The number of sulfonamides is 1. The molecular formula is C14H22ClN3O4S. The monoisotopic (exact) mass is 363 g/mol. The zero-order valence-electron chi connectivity index (χ0n) is 12.8. The van der Waals surface area contributed by atoms with Gasteiger partial charge in [0.25, 0.3) is 5.91 Å². The molecule has 0 aromatic heterocycles. The van der Waals surface area contributed by atoms with Gasteiger partial charge in [-0.05, 0) is 43.5 Å². The molecule has 9 heteroatoms. The Balaban J connectivity index is 0.00000264. The molecule has 1 fully saturated rings. The van der Waals surface area contributed by atoms with Crippen molar-refractivity contribution in [2.45, 2.75) is 30.2 Å². The van der Waals surface area contributed by atoms with Gasteiger partial charge in [0, 0.05) is 6.04 Å². The van der Waals surface area contributed by atoms with E-state index in [0.29, 0.717) is 12.3 Å². The van der Waals surface area contributed by atoms with E-state index in [0.717, 1.165) is 19.3 Å². The Bertz CT molecular complexity index is 666. The fourth-order valence-electron chi connectivity index (χ4n) is 2.80. The quantitative estimate of drug-likeness (QED) is 0.707. The lowest BCUT2D eigenvalue weighted by molar-refractivity contribution is 0.0925.